The van der Waals surface area contributed by atoms with Gasteiger partial charge in [-0.2, -0.15) is 13.2 Å². The quantitative estimate of drug-likeness (QED) is 0.694. The first-order valence-electron chi connectivity index (χ1n) is 7.50. The normalized spacial score (nSPS) is 13.0. The van der Waals surface area contributed by atoms with Crippen LogP contribution in [-0.2, 0) is 23.0 Å². The summed E-state index contributed by atoms with van der Waals surface area (Å²) in [4.78, 5) is 7.85. The maximum absolute atomic E-state index is 13.1. The Hall–Kier alpha value is -2.52. The van der Waals surface area contributed by atoms with Crippen molar-refractivity contribution in [2.75, 3.05) is 0 Å². The summed E-state index contributed by atoms with van der Waals surface area (Å²) >= 11 is -1.99. The third kappa shape index (κ3) is 4.00. The molecule has 0 amide bonds. The van der Waals surface area contributed by atoms with E-state index in [1.54, 1.807) is 43.3 Å². The van der Waals surface area contributed by atoms with Gasteiger partial charge in [-0.3, -0.25) is 9.55 Å². The van der Waals surface area contributed by atoms with Crippen LogP contribution in [0.25, 0.3) is 17.1 Å². The van der Waals surface area contributed by atoms with Crippen molar-refractivity contribution < 1.29 is 21.9 Å². The molecule has 1 N–H and O–H groups in total. The number of aromatic nitrogens is 3. The van der Waals surface area contributed by atoms with E-state index < -0.39 is 23.0 Å². The zero-order valence-corrected chi connectivity index (χ0v) is 14.4. The van der Waals surface area contributed by atoms with Crippen molar-refractivity contribution in [3.05, 3.63) is 65.7 Å². The highest BCUT2D eigenvalue weighted by Crippen LogP contribution is 2.32. The van der Waals surface area contributed by atoms with Crippen LogP contribution in [0.3, 0.4) is 0 Å². The van der Waals surface area contributed by atoms with Gasteiger partial charge in [-0.15, -0.1) is 0 Å². The summed E-state index contributed by atoms with van der Waals surface area (Å²) in [5.41, 5.74) is 1.24. The largest absolute Gasteiger partial charge is 0.434 e. The third-order valence-corrected chi connectivity index (χ3v) is 4.25. The number of hydrogen-bond acceptors (Lipinski definition) is 3. The van der Waals surface area contributed by atoms with Crippen molar-refractivity contribution >= 4 is 11.1 Å². The Balaban J connectivity index is 2.08. The predicted molar refractivity (Wildman–Crippen MR) is 91.0 cm³/mol. The molecule has 0 aliphatic carbocycles. The van der Waals surface area contributed by atoms with Gasteiger partial charge in [-0.25, -0.2) is 9.19 Å². The molecule has 3 rings (SSSR count). The molecule has 3 aromatic rings. The van der Waals surface area contributed by atoms with Crippen molar-refractivity contribution in [3.63, 3.8) is 0 Å². The second-order valence-corrected chi connectivity index (χ2v) is 6.57. The molecule has 1 aromatic carbocycles. The summed E-state index contributed by atoms with van der Waals surface area (Å²) in [5, 5.41) is 0. The second kappa shape index (κ2) is 7.00. The monoisotopic (exact) mass is 381 g/mol. The summed E-state index contributed by atoms with van der Waals surface area (Å²) in [5.74, 6) is 0.0653. The average Bonchev–Trinajstić information content (AvgIpc) is 3.01. The summed E-state index contributed by atoms with van der Waals surface area (Å²) in [6.45, 7) is 1.78. The first-order valence-corrected chi connectivity index (χ1v) is 8.78. The number of imidazole rings is 1. The molecule has 0 saturated carbocycles. The maximum atomic E-state index is 13.1. The van der Waals surface area contributed by atoms with E-state index in [4.69, 9.17) is 4.55 Å². The van der Waals surface area contributed by atoms with Gasteiger partial charge in [-0.1, -0.05) is 12.1 Å². The van der Waals surface area contributed by atoms with Gasteiger partial charge in [0.1, 0.15) is 5.82 Å². The van der Waals surface area contributed by atoms with Gasteiger partial charge in [0.05, 0.1) is 5.75 Å². The lowest BCUT2D eigenvalue weighted by molar-refractivity contribution is -0.140. The molecule has 2 aromatic heterocycles. The number of nitrogens with zero attached hydrogens (tertiary/aromatic N) is 3. The Kier molecular flexibility index (Phi) is 4.92. The average molecular weight is 381 g/mol. The minimum atomic E-state index is -4.58. The summed E-state index contributed by atoms with van der Waals surface area (Å²) in [6.07, 6.45) is -2.18. The van der Waals surface area contributed by atoms with Crippen LogP contribution in [0.1, 0.15) is 17.0 Å². The molecule has 9 heteroatoms. The SMILES string of the molecule is Cc1ccc(-c2nc(C(F)(F)F)cn2-c2ccc(CS(=O)O)cc2)cn1. The molecule has 0 fully saturated rings. The van der Waals surface area contributed by atoms with Crippen molar-refractivity contribution in [2.45, 2.75) is 18.9 Å². The van der Waals surface area contributed by atoms with Crippen LogP contribution in [0.4, 0.5) is 13.2 Å². The van der Waals surface area contributed by atoms with Crippen molar-refractivity contribution in [3.8, 4) is 17.1 Å². The van der Waals surface area contributed by atoms with Crippen LogP contribution in [0.5, 0.6) is 0 Å². The fourth-order valence-corrected chi connectivity index (χ4v) is 2.89. The number of pyridine rings is 1. The Morgan fingerprint density at radius 1 is 1.15 bits per heavy atom. The number of benzene rings is 1. The standard InChI is InChI=1S/C17H14F3N3O2S/c1-11-2-5-13(8-21-11)16-22-15(17(18,19)20)9-23(16)14-6-3-12(4-7-14)10-26(24)25/h2-9H,10H2,1H3,(H,24,25). The van der Waals surface area contributed by atoms with Gasteiger partial charge in [0.25, 0.3) is 0 Å². The van der Waals surface area contributed by atoms with E-state index >= 15 is 0 Å². The summed E-state index contributed by atoms with van der Waals surface area (Å²) in [6, 6.07) is 9.69. The minimum absolute atomic E-state index is 0.0489. The van der Waals surface area contributed by atoms with E-state index in [0.717, 1.165) is 11.9 Å². The molecule has 26 heavy (non-hydrogen) atoms. The third-order valence-electron chi connectivity index (χ3n) is 3.67. The fourth-order valence-electron chi connectivity index (χ4n) is 2.41. The molecule has 0 spiro atoms. The van der Waals surface area contributed by atoms with Gasteiger partial charge in [0.2, 0.25) is 0 Å². The molecule has 0 saturated heterocycles. The molecule has 136 valence electrons. The first kappa shape index (κ1) is 18.3. The Labute approximate surface area is 149 Å². The molecule has 1 unspecified atom stereocenters. The van der Waals surface area contributed by atoms with E-state index in [2.05, 4.69) is 9.97 Å². The number of aryl methyl sites for hydroxylation is 1. The lowest BCUT2D eigenvalue weighted by atomic mass is 10.2. The number of alkyl halides is 3. The van der Waals surface area contributed by atoms with E-state index in [0.29, 0.717) is 16.8 Å². The van der Waals surface area contributed by atoms with Crippen LogP contribution < -0.4 is 0 Å². The van der Waals surface area contributed by atoms with E-state index in [-0.39, 0.29) is 11.6 Å². The number of rotatable bonds is 4. The Morgan fingerprint density at radius 3 is 2.38 bits per heavy atom. The fraction of sp³-hybridized carbons (Fsp3) is 0.176. The van der Waals surface area contributed by atoms with Crippen LogP contribution in [0.2, 0.25) is 0 Å². The molecular weight excluding hydrogens is 367 g/mol. The van der Waals surface area contributed by atoms with Crippen molar-refractivity contribution in [2.24, 2.45) is 0 Å². The van der Waals surface area contributed by atoms with Crippen LogP contribution in [0, 0.1) is 6.92 Å². The van der Waals surface area contributed by atoms with Crippen molar-refractivity contribution in [1.29, 1.82) is 0 Å². The molecule has 5 nitrogen and oxygen atoms in total. The predicted octanol–water partition coefficient (Wildman–Crippen LogP) is 3.98. The Morgan fingerprint density at radius 2 is 1.85 bits per heavy atom. The van der Waals surface area contributed by atoms with Gasteiger partial charge < -0.3 is 4.55 Å². The summed E-state index contributed by atoms with van der Waals surface area (Å²) < 4.78 is 60.5. The topological polar surface area (TPSA) is 68.0 Å². The van der Waals surface area contributed by atoms with E-state index in [1.807, 2.05) is 0 Å². The van der Waals surface area contributed by atoms with Crippen molar-refractivity contribution in [1.82, 2.24) is 14.5 Å². The lowest BCUT2D eigenvalue weighted by Crippen LogP contribution is -2.05. The highest BCUT2D eigenvalue weighted by Gasteiger charge is 2.35. The van der Waals surface area contributed by atoms with E-state index in [9.17, 15) is 17.4 Å². The molecule has 0 bridgehead atoms. The minimum Gasteiger partial charge on any atom is -0.306 e. The molecule has 0 aliphatic heterocycles. The zero-order chi connectivity index (χ0) is 18.9. The summed E-state index contributed by atoms with van der Waals surface area (Å²) in [7, 11) is 0. The lowest BCUT2D eigenvalue weighted by Gasteiger charge is -2.08. The number of halogens is 3. The molecule has 0 radical (unpaired) electrons. The molecule has 2 heterocycles. The smallest absolute Gasteiger partial charge is 0.306 e. The van der Waals surface area contributed by atoms with Crippen LogP contribution >= 0.6 is 0 Å². The second-order valence-electron chi connectivity index (χ2n) is 5.64. The molecule has 0 aliphatic rings. The Bertz CT molecular complexity index is 935. The van der Waals surface area contributed by atoms with Crippen LogP contribution in [-0.4, -0.2) is 23.3 Å². The van der Waals surface area contributed by atoms with Gasteiger partial charge in [-0.05, 0) is 36.8 Å². The highest BCUT2D eigenvalue weighted by atomic mass is 32.2. The molecule has 1 atom stereocenters. The number of hydrogen-bond donors (Lipinski definition) is 1. The molecular formula is C17H14F3N3O2S. The van der Waals surface area contributed by atoms with Gasteiger partial charge in [0.15, 0.2) is 16.8 Å². The van der Waals surface area contributed by atoms with Gasteiger partial charge >= 0.3 is 6.18 Å². The highest BCUT2D eigenvalue weighted by molar-refractivity contribution is 7.78. The van der Waals surface area contributed by atoms with E-state index in [1.165, 1.54) is 10.8 Å². The van der Waals surface area contributed by atoms with Gasteiger partial charge in [0, 0.05) is 29.3 Å². The van der Waals surface area contributed by atoms with Crippen LogP contribution in [0.15, 0.2) is 48.8 Å². The maximum Gasteiger partial charge on any atom is 0.434 e. The zero-order valence-electron chi connectivity index (χ0n) is 13.6. The first-order chi connectivity index (χ1) is 12.2.